The number of carbonyl (C=O) groups excluding carboxylic acids is 1. The fraction of sp³-hybridized carbons (Fsp3) is 0.400. The highest BCUT2D eigenvalue weighted by molar-refractivity contribution is 7.09. The number of halogens is 1. The first kappa shape index (κ1) is 21.3. The number of methoxy groups -OCH3 is 1. The van der Waals surface area contributed by atoms with Crippen LogP contribution in [0.5, 0.6) is 11.5 Å². The first-order valence-corrected chi connectivity index (χ1v) is 10.2. The van der Waals surface area contributed by atoms with Gasteiger partial charge in [0, 0.05) is 23.7 Å². The number of rotatable bonds is 10. The maximum Gasteiger partial charge on any atom is 0.243 e. The largest absolute Gasteiger partial charge is 0.491 e. The SMILES string of the molecule is CCOc1cc(/C=C/C(=O)NCCCCc2nc(C)cs2)cc(Cl)c1OC. The summed E-state index contributed by atoms with van der Waals surface area (Å²) >= 11 is 7.90. The number of nitrogens with one attached hydrogen (secondary N) is 1. The number of ether oxygens (including phenoxy) is 2. The van der Waals surface area contributed by atoms with Crippen LogP contribution in [0.2, 0.25) is 5.02 Å². The minimum atomic E-state index is -0.134. The highest BCUT2D eigenvalue weighted by atomic mass is 35.5. The summed E-state index contributed by atoms with van der Waals surface area (Å²) in [7, 11) is 1.54. The van der Waals surface area contributed by atoms with Crippen molar-refractivity contribution in [2.75, 3.05) is 20.3 Å². The van der Waals surface area contributed by atoms with Gasteiger partial charge in [-0.3, -0.25) is 4.79 Å². The number of nitrogens with zero attached hydrogens (tertiary/aromatic N) is 1. The van der Waals surface area contributed by atoms with E-state index in [4.69, 9.17) is 21.1 Å². The molecule has 2 rings (SSSR count). The van der Waals surface area contributed by atoms with E-state index >= 15 is 0 Å². The van der Waals surface area contributed by atoms with Gasteiger partial charge in [-0.15, -0.1) is 11.3 Å². The van der Waals surface area contributed by atoms with Crippen molar-refractivity contribution in [2.45, 2.75) is 33.1 Å². The van der Waals surface area contributed by atoms with Crippen molar-refractivity contribution < 1.29 is 14.3 Å². The summed E-state index contributed by atoms with van der Waals surface area (Å²) in [4.78, 5) is 16.4. The zero-order valence-electron chi connectivity index (χ0n) is 15.9. The van der Waals surface area contributed by atoms with Crippen LogP contribution < -0.4 is 14.8 Å². The number of thiazole rings is 1. The average Bonchev–Trinajstić information content (AvgIpc) is 3.05. The molecule has 0 bridgehead atoms. The van der Waals surface area contributed by atoms with Gasteiger partial charge in [0.15, 0.2) is 11.5 Å². The molecule has 146 valence electrons. The Bertz CT molecular complexity index is 790. The maximum absolute atomic E-state index is 12.0. The first-order valence-electron chi connectivity index (χ1n) is 8.90. The Balaban J connectivity index is 1.80. The molecule has 0 aliphatic rings. The summed E-state index contributed by atoms with van der Waals surface area (Å²) in [6.45, 7) is 5.03. The van der Waals surface area contributed by atoms with E-state index < -0.39 is 0 Å². The van der Waals surface area contributed by atoms with E-state index in [1.165, 1.54) is 6.08 Å². The molecule has 1 amide bonds. The van der Waals surface area contributed by atoms with Crippen LogP contribution in [0.25, 0.3) is 6.08 Å². The minimum Gasteiger partial charge on any atom is -0.491 e. The molecule has 0 saturated carbocycles. The van der Waals surface area contributed by atoms with Crippen molar-refractivity contribution in [1.29, 1.82) is 0 Å². The van der Waals surface area contributed by atoms with E-state index in [0.717, 1.165) is 35.5 Å². The molecule has 1 aromatic heterocycles. The lowest BCUT2D eigenvalue weighted by molar-refractivity contribution is -0.116. The second-order valence-electron chi connectivity index (χ2n) is 5.93. The topological polar surface area (TPSA) is 60.5 Å². The highest BCUT2D eigenvalue weighted by Gasteiger charge is 2.10. The Labute approximate surface area is 169 Å². The fourth-order valence-corrected chi connectivity index (χ4v) is 3.62. The summed E-state index contributed by atoms with van der Waals surface area (Å²) in [6, 6.07) is 3.54. The van der Waals surface area contributed by atoms with Crippen LogP contribution in [0.15, 0.2) is 23.6 Å². The number of unbranched alkanes of at least 4 members (excludes halogenated alkanes) is 1. The zero-order chi connectivity index (χ0) is 19.6. The maximum atomic E-state index is 12.0. The van der Waals surface area contributed by atoms with Gasteiger partial charge < -0.3 is 14.8 Å². The van der Waals surface area contributed by atoms with Crippen LogP contribution in [0.1, 0.15) is 36.0 Å². The number of hydrogen-bond donors (Lipinski definition) is 1. The number of aryl methyl sites for hydroxylation is 2. The third-order valence-corrected chi connectivity index (χ3v) is 5.05. The van der Waals surface area contributed by atoms with E-state index in [1.54, 1.807) is 36.7 Å². The molecule has 2 aromatic rings. The molecule has 0 fully saturated rings. The second kappa shape index (κ2) is 10.9. The quantitative estimate of drug-likeness (QED) is 0.458. The number of carbonyl (C=O) groups is 1. The summed E-state index contributed by atoms with van der Waals surface area (Å²) in [5, 5.41) is 6.55. The number of benzene rings is 1. The highest BCUT2D eigenvalue weighted by Crippen LogP contribution is 2.36. The number of aromatic nitrogens is 1. The van der Waals surface area contributed by atoms with Gasteiger partial charge >= 0.3 is 0 Å². The van der Waals surface area contributed by atoms with E-state index in [9.17, 15) is 4.79 Å². The lowest BCUT2D eigenvalue weighted by atomic mass is 10.2. The molecular weight excluding hydrogens is 384 g/mol. The van der Waals surface area contributed by atoms with Gasteiger partial charge in [-0.25, -0.2) is 4.98 Å². The van der Waals surface area contributed by atoms with Crippen molar-refractivity contribution in [3.8, 4) is 11.5 Å². The summed E-state index contributed by atoms with van der Waals surface area (Å²) in [5.74, 6) is 0.922. The molecule has 27 heavy (non-hydrogen) atoms. The monoisotopic (exact) mass is 408 g/mol. The fourth-order valence-electron chi connectivity index (χ4n) is 2.51. The van der Waals surface area contributed by atoms with Gasteiger partial charge in [0.05, 0.1) is 23.7 Å². The smallest absolute Gasteiger partial charge is 0.243 e. The molecule has 1 heterocycles. The van der Waals surface area contributed by atoms with Crippen molar-refractivity contribution in [3.05, 3.63) is 44.9 Å². The van der Waals surface area contributed by atoms with Gasteiger partial charge in [-0.05, 0) is 56.9 Å². The molecule has 0 spiro atoms. The number of amides is 1. The molecular formula is C20H25ClN2O3S. The van der Waals surface area contributed by atoms with Crippen molar-refractivity contribution in [1.82, 2.24) is 10.3 Å². The molecule has 7 heteroatoms. The third kappa shape index (κ3) is 6.88. The standard InChI is InChI=1S/C20H25ClN2O3S/c1-4-26-17-12-15(11-16(21)20(17)25-3)8-9-18(24)22-10-6-5-7-19-23-14(2)13-27-19/h8-9,11-13H,4-7,10H2,1-3H3,(H,22,24)/b9-8+. The Kier molecular flexibility index (Phi) is 8.61. The van der Waals surface area contributed by atoms with E-state index in [2.05, 4.69) is 15.7 Å². The average molecular weight is 409 g/mol. The molecule has 0 aliphatic heterocycles. The molecule has 0 saturated heterocycles. The van der Waals surface area contributed by atoms with E-state index in [1.807, 2.05) is 13.8 Å². The molecule has 0 aliphatic carbocycles. The lowest BCUT2D eigenvalue weighted by Gasteiger charge is -2.11. The van der Waals surface area contributed by atoms with Crippen LogP contribution >= 0.6 is 22.9 Å². The Morgan fingerprint density at radius 1 is 1.37 bits per heavy atom. The number of hydrogen-bond acceptors (Lipinski definition) is 5. The van der Waals surface area contributed by atoms with Crippen molar-refractivity contribution >= 4 is 34.9 Å². The van der Waals surface area contributed by atoms with Gasteiger partial charge in [0.2, 0.25) is 5.91 Å². The summed E-state index contributed by atoms with van der Waals surface area (Å²) < 4.78 is 10.8. The van der Waals surface area contributed by atoms with E-state index in [-0.39, 0.29) is 5.91 Å². The van der Waals surface area contributed by atoms with Crippen LogP contribution in [-0.4, -0.2) is 31.2 Å². The van der Waals surface area contributed by atoms with Crippen molar-refractivity contribution in [3.63, 3.8) is 0 Å². The predicted octanol–water partition coefficient (Wildman–Crippen LogP) is 4.66. The summed E-state index contributed by atoms with van der Waals surface area (Å²) in [5.41, 5.74) is 1.85. The van der Waals surface area contributed by atoms with Crippen LogP contribution in [0.3, 0.4) is 0 Å². The summed E-state index contributed by atoms with van der Waals surface area (Å²) in [6.07, 6.45) is 6.08. The predicted molar refractivity (Wildman–Crippen MR) is 111 cm³/mol. The van der Waals surface area contributed by atoms with Crippen LogP contribution in [0, 0.1) is 6.92 Å². The Morgan fingerprint density at radius 2 is 2.19 bits per heavy atom. The Morgan fingerprint density at radius 3 is 2.85 bits per heavy atom. The molecule has 0 unspecified atom stereocenters. The molecule has 0 atom stereocenters. The van der Waals surface area contributed by atoms with Gasteiger partial charge in [-0.2, -0.15) is 0 Å². The lowest BCUT2D eigenvalue weighted by Crippen LogP contribution is -2.22. The van der Waals surface area contributed by atoms with Crippen LogP contribution in [-0.2, 0) is 11.2 Å². The van der Waals surface area contributed by atoms with Gasteiger partial charge in [0.1, 0.15) is 0 Å². The zero-order valence-corrected chi connectivity index (χ0v) is 17.5. The normalized spacial score (nSPS) is 11.0. The van der Waals surface area contributed by atoms with Crippen LogP contribution in [0.4, 0.5) is 0 Å². The molecule has 1 N–H and O–H groups in total. The Hall–Kier alpha value is -2.05. The van der Waals surface area contributed by atoms with Gasteiger partial charge in [-0.1, -0.05) is 11.6 Å². The molecule has 5 nitrogen and oxygen atoms in total. The third-order valence-electron chi connectivity index (χ3n) is 3.75. The van der Waals surface area contributed by atoms with Gasteiger partial charge in [0.25, 0.3) is 0 Å². The first-order chi connectivity index (χ1) is 13.0. The molecule has 0 radical (unpaired) electrons. The second-order valence-corrected chi connectivity index (χ2v) is 7.28. The van der Waals surface area contributed by atoms with Crippen molar-refractivity contribution in [2.24, 2.45) is 0 Å². The van der Waals surface area contributed by atoms with E-state index in [0.29, 0.717) is 29.7 Å². The minimum absolute atomic E-state index is 0.134. The molecule has 1 aromatic carbocycles.